The van der Waals surface area contributed by atoms with Gasteiger partial charge in [0.05, 0.1) is 5.56 Å². The molecule has 0 bridgehead atoms. The third-order valence-corrected chi connectivity index (χ3v) is 3.60. The first-order valence-corrected chi connectivity index (χ1v) is 6.88. The monoisotopic (exact) mass is 286 g/mol. The molecule has 0 saturated heterocycles. The second-order valence-electron chi connectivity index (χ2n) is 5.20. The van der Waals surface area contributed by atoms with Crippen molar-refractivity contribution in [2.24, 2.45) is 0 Å². The van der Waals surface area contributed by atoms with E-state index in [9.17, 15) is 14.4 Å². The number of halogens is 1. The molecule has 0 unspecified atom stereocenters. The van der Waals surface area contributed by atoms with Crippen LogP contribution in [0.3, 0.4) is 0 Å². The van der Waals surface area contributed by atoms with Crippen LogP contribution in [-0.2, 0) is 6.54 Å². The number of rotatable bonds is 4. The van der Waals surface area contributed by atoms with Crippen molar-refractivity contribution >= 4 is 5.91 Å². The van der Waals surface area contributed by atoms with Crippen LogP contribution in [-0.4, -0.2) is 16.8 Å². The van der Waals surface area contributed by atoms with Gasteiger partial charge in [-0.05, 0) is 18.9 Å². The Morgan fingerprint density at radius 3 is 2.52 bits per heavy atom. The molecule has 1 aliphatic carbocycles. The van der Waals surface area contributed by atoms with Crippen LogP contribution in [0.1, 0.15) is 28.8 Å². The molecule has 3 rings (SSSR count). The maximum Gasteiger partial charge on any atom is 0.254 e. The molecule has 21 heavy (non-hydrogen) atoms. The van der Waals surface area contributed by atoms with Crippen molar-refractivity contribution in [3.05, 3.63) is 70.9 Å². The number of amides is 1. The molecule has 0 aliphatic heterocycles. The summed E-state index contributed by atoms with van der Waals surface area (Å²) < 4.78 is 14.4. The van der Waals surface area contributed by atoms with Crippen molar-refractivity contribution in [2.75, 3.05) is 0 Å². The predicted molar refractivity (Wildman–Crippen MR) is 74.7 cm³/mol. The van der Waals surface area contributed by atoms with Crippen molar-refractivity contribution in [3.8, 4) is 0 Å². The zero-order chi connectivity index (χ0) is 14.8. The second kappa shape index (κ2) is 5.52. The van der Waals surface area contributed by atoms with Gasteiger partial charge in [-0.25, -0.2) is 4.39 Å². The van der Waals surface area contributed by atoms with Gasteiger partial charge in [-0.2, -0.15) is 4.73 Å². The van der Waals surface area contributed by atoms with E-state index in [1.54, 1.807) is 23.1 Å². The Morgan fingerprint density at radius 1 is 1.24 bits per heavy atom. The molecule has 0 radical (unpaired) electrons. The van der Waals surface area contributed by atoms with Gasteiger partial charge in [0.25, 0.3) is 5.91 Å². The van der Waals surface area contributed by atoms with Gasteiger partial charge in [-0.1, -0.05) is 18.2 Å². The lowest BCUT2D eigenvalue weighted by Gasteiger charge is -2.22. The maximum absolute atomic E-state index is 13.8. The summed E-state index contributed by atoms with van der Waals surface area (Å²) in [5.74, 6) is -0.470. The van der Waals surface area contributed by atoms with Gasteiger partial charge >= 0.3 is 0 Å². The van der Waals surface area contributed by atoms with Gasteiger partial charge in [0.2, 0.25) is 0 Å². The topological polar surface area (TPSA) is 47.2 Å². The largest absolute Gasteiger partial charge is 0.619 e. The highest BCUT2D eigenvalue weighted by Crippen LogP contribution is 2.30. The lowest BCUT2D eigenvalue weighted by Crippen LogP contribution is -2.34. The van der Waals surface area contributed by atoms with Crippen LogP contribution in [0.25, 0.3) is 0 Å². The highest BCUT2D eigenvalue weighted by atomic mass is 19.1. The number of carbonyl (C=O) groups is 1. The third kappa shape index (κ3) is 3.02. The summed E-state index contributed by atoms with van der Waals surface area (Å²) in [6.07, 6.45) is 4.46. The van der Waals surface area contributed by atoms with E-state index in [2.05, 4.69) is 0 Å². The van der Waals surface area contributed by atoms with Crippen LogP contribution >= 0.6 is 0 Å². The van der Waals surface area contributed by atoms with E-state index in [0.717, 1.165) is 12.8 Å². The Labute approximate surface area is 122 Å². The quantitative estimate of drug-likeness (QED) is 0.639. The predicted octanol–water partition coefficient (Wildman–Crippen LogP) is 2.26. The molecule has 1 aromatic carbocycles. The number of hydrogen-bond donors (Lipinski definition) is 0. The molecule has 1 amide bonds. The minimum atomic E-state index is -0.304. The Balaban J connectivity index is 1.83. The van der Waals surface area contributed by atoms with Crippen LogP contribution in [0.15, 0.2) is 48.8 Å². The highest BCUT2D eigenvalue weighted by molar-refractivity contribution is 5.94. The molecule has 4 nitrogen and oxygen atoms in total. The number of carbonyl (C=O) groups excluding carboxylic acids is 1. The van der Waals surface area contributed by atoms with Crippen LogP contribution in [0, 0.1) is 11.0 Å². The molecule has 1 saturated carbocycles. The molecule has 0 N–H and O–H groups in total. The number of aromatic nitrogens is 1. The Morgan fingerprint density at radius 2 is 1.90 bits per heavy atom. The Bertz CT molecular complexity index is 654. The molecule has 0 spiro atoms. The van der Waals surface area contributed by atoms with E-state index >= 15 is 0 Å². The minimum absolute atomic E-state index is 0.164. The van der Waals surface area contributed by atoms with Crippen molar-refractivity contribution in [2.45, 2.75) is 25.4 Å². The summed E-state index contributed by atoms with van der Waals surface area (Å²) in [7, 11) is 0. The molecule has 108 valence electrons. The lowest BCUT2D eigenvalue weighted by atomic mass is 10.1. The molecule has 0 atom stereocenters. The van der Waals surface area contributed by atoms with E-state index in [-0.39, 0.29) is 24.3 Å². The normalized spacial score (nSPS) is 14.0. The Hall–Kier alpha value is -2.43. The van der Waals surface area contributed by atoms with Crippen molar-refractivity contribution < 1.29 is 13.9 Å². The van der Waals surface area contributed by atoms with Gasteiger partial charge in [-0.3, -0.25) is 4.79 Å². The van der Waals surface area contributed by atoms with Gasteiger partial charge in [0.1, 0.15) is 5.82 Å². The lowest BCUT2D eigenvalue weighted by molar-refractivity contribution is -0.605. The fourth-order valence-corrected chi connectivity index (χ4v) is 2.28. The minimum Gasteiger partial charge on any atom is -0.619 e. The summed E-state index contributed by atoms with van der Waals surface area (Å²) in [6.45, 7) is 0.252. The van der Waals surface area contributed by atoms with E-state index in [0.29, 0.717) is 15.9 Å². The first kappa shape index (κ1) is 13.5. The summed E-state index contributed by atoms with van der Waals surface area (Å²) in [4.78, 5) is 14.2. The van der Waals surface area contributed by atoms with Crippen LogP contribution in [0.4, 0.5) is 4.39 Å². The fraction of sp³-hybridized carbons (Fsp3) is 0.250. The van der Waals surface area contributed by atoms with Gasteiger partial charge < -0.3 is 10.1 Å². The van der Waals surface area contributed by atoms with E-state index in [1.165, 1.54) is 30.6 Å². The van der Waals surface area contributed by atoms with Gasteiger partial charge in [-0.15, -0.1) is 0 Å². The van der Waals surface area contributed by atoms with Crippen molar-refractivity contribution in [1.82, 2.24) is 4.90 Å². The third-order valence-electron chi connectivity index (χ3n) is 3.60. The average molecular weight is 286 g/mol. The summed E-state index contributed by atoms with van der Waals surface area (Å²) in [6, 6.07) is 9.63. The first-order valence-electron chi connectivity index (χ1n) is 6.88. The van der Waals surface area contributed by atoms with Crippen LogP contribution in [0.2, 0.25) is 0 Å². The highest BCUT2D eigenvalue weighted by Gasteiger charge is 2.33. The van der Waals surface area contributed by atoms with E-state index in [4.69, 9.17) is 0 Å². The molecule has 2 aromatic rings. The van der Waals surface area contributed by atoms with E-state index in [1.807, 2.05) is 0 Å². The zero-order valence-electron chi connectivity index (χ0n) is 11.4. The Kier molecular flexibility index (Phi) is 3.56. The van der Waals surface area contributed by atoms with Crippen LogP contribution in [0.5, 0.6) is 0 Å². The zero-order valence-corrected chi connectivity index (χ0v) is 11.4. The second-order valence-corrected chi connectivity index (χ2v) is 5.20. The summed E-state index contributed by atoms with van der Waals surface area (Å²) in [5.41, 5.74) is 0.956. The molecule has 1 aliphatic rings. The first-order chi connectivity index (χ1) is 10.1. The van der Waals surface area contributed by atoms with Gasteiger partial charge in [0, 0.05) is 30.3 Å². The molecule has 5 heteroatoms. The molecular weight excluding hydrogens is 271 g/mol. The van der Waals surface area contributed by atoms with Crippen molar-refractivity contribution in [1.29, 1.82) is 0 Å². The fourth-order valence-electron chi connectivity index (χ4n) is 2.28. The molecule has 1 heterocycles. The SMILES string of the molecule is O=C(c1cc[n+]([O-])cc1)N(Cc1ccccc1F)C1CC1. The molecule has 1 aromatic heterocycles. The summed E-state index contributed by atoms with van der Waals surface area (Å²) in [5, 5.41) is 11.0. The standard InChI is InChI=1S/C16H15FN2O2/c17-15-4-2-1-3-13(15)11-19(14-5-6-14)16(20)12-7-9-18(21)10-8-12/h1-4,7-10,14H,5-6,11H2. The van der Waals surface area contributed by atoms with E-state index < -0.39 is 0 Å². The number of hydrogen-bond acceptors (Lipinski definition) is 2. The summed E-state index contributed by atoms with van der Waals surface area (Å²) >= 11 is 0. The molecule has 1 fully saturated rings. The number of nitrogens with zero attached hydrogens (tertiary/aromatic N) is 2. The number of benzene rings is 1. The molecular formula is C16H15FN2O2. The maximum atomic E-state index is 13.8. The average Bonchev–Trinajstić information content (AvgIpc) is 3.31. The van der Waals surface area contributed by atoms with Crippen molar-refractivity contribution in [3.63, 3.8) is 0 Å². The number of pyridine rings is 1. The smallest absolute Gasteiger partial charge is 0.254 e. The van der Waals surface area contributed by atoms with Gasteiger partial charge in [0.15, 0.2) is 12.4 Å². The van der Waals surface area contributed by atoms with Crippen LogP contribution < -0.4 is 4.73 Å².